The molecule has 0 saturated carbocycles. The van der Waals surface area contributed by atoms with Gasteiger partial charge in [0.2, 0.25) is 5.65 Å². The van der Waals surface area contributed by atoms with Gasteiger partial charge in [-0.3, -0.25) is 4.40 Å². The summed E-state index contributed by atoms with van der Waals surface area (Å²) in [6.07, 6.45) is 0.968. The zero-order chi connectivity index (χ0) is 17.6. The largest absolute Gasteiger partial charge is 0.380 e. The van der Waals surface area contributed by atoms with Gasteiger partial charge in [-0.05, 0) is 26.8 Å². The van der Waals surface area contributed by atoms with E-state index in [0.717, 1.165) is 6.26 Å². The molecule has 24 heavy (non-hydrogen) atoms. The van der Waals surface area contributed by atoms with E-state index in [0.29, 0.717) is 33.3 Å². The van der Waals surface area contributed by atoms with E-state index in [-0.39, 0.29) is 11.8 Å². The maximum Gasteiger partial charge on any atom is 0.306 e. The van der Waals surface area contributed by atoms with Crippen LogP contribution in [0.1, 0.15) is 19.7 Å². The van der Waals surface area contributed by atoms with E-state index in [4.69, 9.17) is 15.8 Å². The van der Waals surface area contributed by atoms with Gasteiger partial charge in [-0.2, -0.15) is 8.42 Å². The highest BCUT2D eigenvalue weighted by Gasteiger charge is 2.19. The molecule has 1 aromatic carbocycles. The second kappa shape index (κ2) is 5.75. The van der Waals surface area contributed by atoms with Gasteiger partial charge in [0.25, 0.3) is 0 Å². The van der Waals surface area contributed by atoms with Crippen molar-refractivity contribution >= 4 is 44.2 Å². The van der Waals surface area contributed by atoms with Crippen LogP contribution in [0, 0.1) is 6.92 Å². The van der Waals surface area contributed by atoms with Gasteiger partial charge in [-0.1, -0.05) is 11.6 Å². The first-order chi connectivity index (χ1) is 11.2. The second-order valence-corrected chi connectivity index (χ2v) is 7.74. The molecule has 0 fully saturated rings. The molecule has 0 spiro atoms. The van der Waals surface area contributed by atoms with Gasteiger partial charge in [0.15, 0.2) is 11.6 Å². The van der Waals surface area contributed by atoms with E-state index in [1.54, 1.807) is 17.4 Å². The Kier molecular flexibility index (Phi) is 4.00. The van der Waals surface area contributed by atoms with Crippen LogP contribution in [0.4, 0.5) is 5.82 Å². The van der Waals surface area contributed by atoms with Crippen LogP contribution in [0.25, 0.3) is 16.7 Å². The highest BCUT2D eigenvalue weighted by Crippen LogP contribution is 2.32. The van der Waals surface area contributed by atoms with Crippen LogP contribution in [0.2, 0.25) is 5.02 Å². The van der Waals surface area contributed by atoms with E-state index in [2.05, 4.69) is 20.5 Å². The second-order valence-electron chi connectivity index (χ2n) is 5.72. The lowest BCUT2D eigenvalue weighted by Crippen LogP contribution is -2.13. The minimum Gasteiger partial charge on any atom is -0.380 e. The fourth-order valence-electron chi connectivity index (χ4n) is 2.41. The predicted molar refractivity (Wildman–Crippen MR) is 92.3 cm³/mol. The lowest BCUT2D eigenvalue weighted by molar-refractivity contribution is 0.495. The molecule has 2 heterocycles. The van der Waals surface area contributed by atoms with Crippen molar-refractivity contribution in [3.8, 4) is 5.75 Å². The standard InChI is InChI=1S/C14H16ClN5O3S/c1-7(2)16-13-14-19-18-8(3)20(14)10-5-9(15)6-11(12(10)17-13)23-24(4,21)22/h5-7H,1-4H3,(H,16,17). The molecule has 128 valence electrons. The van der Waals surface area contributed by atoms with E-state index < -0.39 is 10.1 Å². The number of anilines is 1. The molecule has 3 aromatic rings. The number of hydrogen-bond donors (Lipinski definition) is 1. The molecule has 0 aliphatic heterocycles. The van der Waals surface area contributed by atoms with Gasteiger partial charge in [0.1, 0.15) is 11.3 Å². The van der Waals surface area contributed by atoms with Crippen LogP contribution in [-0.4, -0.2) is 40.3 Å². The SMILES string of the molecule is Cc1nnc2c(NC(C)C)nc3c(OS(C)(=O)=O)cc(Cl)cc3n12. The number of nitrogens with one attached hydrogen (secondary N) is 1. The first-order valence-corrected chi connectivity index (χ1v) is 9.36. The molecule has 0 bridgehead atoms. The van der Waals surface area contributed by atoms with Gasteiger partial charge in [-0.25, -0.2) is 4.98 Å². The first-order valence-electron chi connectivity index (χ1n) is 7.16. The Hall–Kier alpha value is -2.13. The Morgan fingerprint density at radius 3 is 2.62 bits per heavy atom. The number of nitrogens with zero attached hydrogens (tertiary/aromatic N) is 4. The number of benzene rings is 1. The summed E-state index contributed by atoms with van der Waals surface area (Å²) in [5.74, 6) is 1.16. The topological polar surface area (TPSA) is 98.5 Å². The molecule has 0 aliphatic carbocycles. The number of hydrogen-bond acceptors (Lipinski definition) is 7. The summed E-state index contributed by atoms with van der Waals surface area (Å²) in [4.78, 5) is 4.50. The number of aryl methyl sites for hydroxylation is 1. The Labute approximate surface area is 143 Å². The molecule has 0 radical (unpaired) electrons. The van der Waals surface area contributed by atoms with Crippen LogP contribution >= 0.6 is 11.6 Å². The Morgan fingerprint density at radius 1 is 1.29 bits per heavy atom. The molecular formula is C14H16ClN5O3S. The van der Waals surface area contributed by atoms with Crippen molar-refractivity contribution in [2.24, 2.45) is 0 Å². The summed E-state index contributed by atoms with van der Waals surface area (Å²) in [5.41, 5.74) is 1.44. The van der Waals surface area contributed by atoms with Gasteiger partial charge in [0, 0.05) is 17.1 Å². The lowest BCUT2D eigenvalue weighted by atomic mass is 10.2. The maximum atomic E-state index is 11.6. The number of aromatic nitrogens is 4. The van der Waals surface area contributed by atoms with E-state index in [1.807, 2.05) is 13.8 Å². The molecule has 0 aliphatic rings. The Balaban J connectivity index is 2.42. The van der Waals surface area contributed by atoms with Crippen molar-refractivity contribution in [2.75, 3.05) is 11.6 Å². The van der Waals surface area contributed by atoms with Gasteiger partial charge < -0.3 is 9.50 Å². The smallest absolute Gasteiger partial charge is 0.306 e. The average Bonchev–Trinajstić information content (AvgIpc) is 2.80. The van der Waals surface area contributed by atoms with Crippen LogP contribution < -0.4 is 9.50 Å². The zero-order valence-corrected chi connectivity index (χ0v) is 15.1. The third kappa shape index (κ3) is 3.09. The normalized spacial score (nSPS) is 12.2. The summed E-state index contributed by atoms with van der Waals surface area (Å²) in [7, 11) is -3.73. The minimum absolute atomic E-state index is 0.0572. The zero-order valence-electron chi connectivity index (χ0n) is 13.5. The van der Waals surface area contributed by atoms with Gasteiger partial charge in [-0.15, -0.1) is 10.2 Å². The summed E-state index contributed by atoms with van der Waals surface area (Å²) >= 11 is 6.12. The van der Waals surface area contributed by atoms with Crippen LogP contribution in [0.3, 0.4) is 0 Å². The van der Waals surface area contributed by atoms with E-state index in [1.165, 1.54) is 6.07 Å². The third-order valence-electron chi connectivity index (χ3n) is 3.19. The van der Waals surface area contributed by atoms with E-state index >= 15 is 0 Å². The molecule has 0 unspecified atom stereocenters. The van der Waals surface area contributed by atoms with Crippen LogP contribution in [0.5, 0.6) is 5.75 Å². The van der Waals surface area contributed by atoms with Crippen LogP contribution in [0.15, 0.2) is 12.1 Å². The number of halogens is 1. The summed E-state index contributed by atoms with van der Waals surface area (Å²) in [6.45, 7) is 5.71. The lowest BCUT2D eigenvalue weighted by Gasteiger charge is -2.14. The monoisotopic (exact) mass is 369 g/mol. The summed E-state index contributed by atoms with van der Waals surface area (Å²) in [5, 5.41) is 11.7. The predicted octanol–water partition coefficient (Wildman–Crippen LogP) is 2.40. The molecule has 0 atom stereocenters. The molecular weight excluding hydrogens is 354 g/mol. The van der Waals surface area contributed by atoms with Crippen LogP contribution in [-0.2, 0) is 10.1 Å². The maximum absolute atomic E-state index is 11.6. The molecule has 3 rings (SSSR count). The van der Waals surface area contributed by atoms with E-state index in [9.17, 15) is 8.42 Å². The van der Waals surface area contributed by atoms with Crippen molar-refractivity contribution in [3.05, 3.63) is 23.0 Å². The van der Waals surface area contributed by atoms with Crippen molar-refractivity contribution in [3.63, 3.8) is 0 Å². The quantitative estimate of drug-likeness (QED) is 0.705. The fraction of sp³-hybridized carbons (Fsp3) is 0.357. The Bertz CT molecular complexity index is 1050. The molecule has 1 N–H and O–H groups in total. The van der Waals surface area contributed by atoms with Gasteiger partial charge >= 0.3 is 10.1 Å². The molecule has 8 nitrogen and oxygen atoms in total. The van der Waals surface area contributed by atoms with Crippen molar-refractivity contribution in [2.45, 2.75) is 26.8 Å². The molecule has 0 amide bonds. The fourth-order valence-corrected chi connectivity index (χ4v) is 3.06. The summed E-state index contributed by atoms with van der Waals surface area (Å²) < 4.78 is 29.9. The van der Waals surface area contributed by atoms with Crippen molar-refractivity contribution < 1.29 is 12.6 Å². The average molecular weight is 370 g/mol. The van der Waals surface area contributed by atoms with Crippen molar-refractivity contribution in [1.29, 1.82) is 0 Å². The minimum atomic E-state index is -3.73. The molecule has 10 heteroatoms. The molecule has 2 aromatic heterocycles. The highest BCUT2D eigenvalue weighted by atomic mass is 35.5. The Morgan fingerprint density at radius 2 is 2.00 bits per heavy atom. The number of rotatable bonds is 4. The highest BCUT2D eigenvalue weighted by molar-refractivity contribution is 7.86. The number of fused-ring (bicyclic) bond motifs is 3. The third-order valence-corrected chi connectivity index (χ3v) is 3.89. The van der Waals surface area contributed by atoms with Gasteiger partial charge in [0.05, 0.1) is 11.8 Å². The molecule has 0 saturated heterocycles. The summed E-state index contributed by atoms with van der Waals surface area (Å²) in [6, 6.07) is 3.19. The first kappa shape index (κ1) is 16.7. The van der Waals surface area contributed by atoms with Crippen molar-refractivity contribution in [1.82, 2.24) is 19.6 Å².